The van der Waals surface area contributed by atoms with Crippen LogP contribution in [0.1, 0.15) is 26.2 Å². The molecule has 1 aromatic rings. The molecular weight excluding hydrogens is 346 g/mol. The van der Waals surface area contributed by atoms with Gasteiger partial charge in [-0.15, -0.1) is 0 Å². The molecule has 8 nitrogen and oxygen atoms in total. The second-order valence-corrected chi connectivity index (χ2v) is 7.15. The Morgan fingerprint density at radius 2 is 1.89 bits per heavy atom. The number of ether oxygens (including phenoxy) is 1. The maximum Gasteiger partial charge on any atom is 0.307 e. The van der Waals surface area contributed by atoms with Crippen LogP contribution in [0.2, 0.25) is 0 Å². The molecule has 0 aromatic carbocycles. The average molecular weight is 375 g/mol. The topological polar surface area (TPSA) is 78.9 Å². The minimum Gasteiger partial charge on any atom is -0.466 e. The standard InChI is InChI=1S/C19H29N5O3/c1-2-27-18(26)6-9-22(14-16-4-5-16)15-17(25)23-10-12-24(13-11-23)19-20-7-3-8-21-19/h3,7-8,16H,2,4-6,9-15H2,1H3. The second kappa shape index (κ2) is 9.64. The van der Waals surface area contributed by atoms with Crippen molar-refractivity contribution in [3.63, 3.8) is 0 Å². The van der Waals surface area contributed by atoms with Gasteiger partial charge in [-0.3, -0.25) is 14.5 Å². The lowest BCUT2D eigenvalue weighted by atomic mass is 10.2. The van der Waals surface area contributed by atoms with Crippen LogP contribution in [0.3, 0.4) is 0 Å². The van der Waals surface area contributed by atoms with Crippen molar-refractivity contribution >= 4 is 17.8 Å². The Bertz CT molecular complexity index is 615. The number of hydrogen-bond donors (Lipinski definition) is 0. The molecule has 2 fully saturated rings. The molecule has 0 radical (unpaired) electrons. The van der Waals surface area contributed by atoms with Crippen molar-refractivity contribution in [2.24, 2.45) is 5.92 Å². The molecule has 27 heavy (non-hydrogen) atoms. The molecule has 1 amide bonds. The zero-order chi connectivity index (χ0) is 19.1. The van der Waals surface area contributed by atoms with E-state index in [-0.39, 0.29) is 11.9 Å². The number of amides is 1. The quantitative estimate of drug-likeness (QED) is 0.591. The summed E-state index contributed by atoms with van der Waals surface area (Å²) in [4.78, 5) is 39.1. The van der Waals surface area contributed by atoms with Crippen LogP contribution in [0.4, 0.5) is 5.95 Å². The third-order valence-corrected chi connectivity index (χ3v) is 4.98. The van der Waals surface area contributed by atoms with Crippen LogP contribution in [-0.2, 0) is 14.3 Å². The first kappa shape index (κ1) is 19.5. The molecule has 8 heteroatoms. The van der Waals surface area contributed by atoms with E-state index in [1.165, 1.54) is 12.8 Å². The van der Waals surface area contributed by atoms with Gasteiger partial charge in [-0.25, -0.2) is 9.97 Å². The van der Waals surface area contributed by atoms with E-state index in [0.29, 0.717) is 45.1 Å². The molecule has 1 aliphatic heterocycles. The summed E-state index contributed by atoms with van der Waals surface area (Å²) in [6.45, 7) is 6.87. The zero-order valence-electron chi connectivity index (χ0n) is 16.0. The number of piperazine rings is 1. The highest BCUT2D eigenvalue weighted by atomic mass is 16.5. The number of aromatic nitrogens is 2. The van der Waals surface area contributed by atoms with Gasteiger partial charge in [0.05, 0.1) is 19.6 Å². The lowest BCUT2D eigenvalue weighted by Crippen LogP contribution is -2.52. The summed E-state index contributed by atoms with van der Waals surface area (Å²) < 4.78 is 5.01. The van der Waals surface area contributed by atoms with E-state index in [1.807, 2.05) is 11.8 Å². The van der Waals surface area contributed by atoms with Crippen molar-refractivity contribution in [2.75, 3.05) is 57.3 Å². The van der Waals surface area contributed by atoms with E-state index in [4.69, 9.17) is 4.74 Å². The molecule has 0 unspecified atom stereocenters. The number of carbonyl (C=O) groups excluding carboxylic acids is 2. The molecule has 2 heterocycles. The first-order valence-corrected chi connectivity index (χ1v) is 9.83. The zero-order valence-corrected chi connectivity index (χ0v) is 16.0. The predicted molar refractivity (Wildman–Crippen MR) is 101 cm³/mol. The van der Waals surface area contributed by atoms with E-state index in [9.17, 15) is 9.59 Å². The summed E-state index contributed by atoms with van der Waals surface area (Å²) in [5.74, 6) is 1.33. The van der Waals surface area contributed by atoms with E-state index in [1.54, 1.807) is 18.5 Å². The van der Waals surface area contributed by atoms with Gasteiger partial charge in [0.1, 0.15) is 0 Å². The molecule has 0 atom stereocenters. The van der Waals surface area contributed by atoms with Gasteiger partial charge in [-0.1, -0.05) is 0 Å². The third kappa shape index (κ3) is 6.16. The Hall–Kier alpha value is -2.22. The molecule has 1 aliphatic carbocycles. The number of rotatable bonds is 9. The van der Waals surface area contributed by atoms with Crippen LogP contribution in [0.25, 0.3) is 0 Å². The molecule has 3 rings (SSSR count). The Labute approximate surface area is 160 Å². The molecule has 0 bridgehead atoms. The van der Waals surface area contributed by atoms with Gasteiger partial charge >= 0.3 is 5.97 Å². The van der Waals surface area contributed by atoms with Gasteiger partial charge in [0.2, 0.25) is 11.9 Å². The Kier molecular flexibility index (Phi) is 6.98. The van der Waals surface area contributed by atoms with Gasteiger partial charge in [-0.05, 0) is 31.7 Å². The number of carbonyl (C=O) groups is 2. The summed E-state index contributed by atoms with van der Waals surface area (Å²) in [6, 6.07) is 1.80. The highest BCUT2D eigenvalue weighted by molar-refractivity contribution is 5.78. The molecule has 0 spiro atoms. The number of anilines is 1. The van der Waals surface area contributed by atoms with Gasteiger partial charge in [0, 0.05) is 51.7 Å². The predicted octanol–water partition coefficient (Wildman–Crippen LogP) is 0.790. The van der Waals surface area contributed by atoms with Crippen LogP contribution in [0.5, 0.6) is 0 Å². The normalized spacial score (nSPS) is 17.3. The molecule has 2 aliphatic rings. The number of esters is 1. The summed E-state index contributed by atoms with van der Waals surface area (Å²) in [6.07, 6.45) is 6.25. The summed E-state index contributed by atoms with van der Waals surface area (Å²) in [7, 11) is 0. The lowest BCUT2D eigenvalue weighted by Gasteiger charge is -2.35. The molecule has 1 saturated carbocycles. The van der Waals surface area contributed by atoms with Crippen molar-refractivity contribution in [3.05, 3.63) is 18.5 Å². The van der Waals surface area contributed by atoms with Crippen LogP contribution >= 0.6 is 0 Å². The van der Waals surface area contributed by atoms with Gasteiger partial charge < -0.3 is 14.5 Å². The van der Waals surface area contributed by atoms with Gasteiger partial charge in [0.15, 0.2) is 0 Å². The minimum absolute atomic E-state index is 0.133. The van der Waals surface area contributed by atoms with Gasteiger partial charge in [0.25, 0.3) is 0 Å². The Balaban J connectivity index is 1.46. The van der Waals surface area contributed by atoms with E-state index >= 15 is 0 Å². The molecular formula is C19H29N5O3. The fourth-order valence-electron chi connectivity index (χ4n) is 3.28. The number of hydrogen-bond acceptors (Lipinski definition) is 7. The fourth-order valence-corrected chi connectivity index (χ4v) is 3.28. The van der Waals surface area contributed by atoms with Crippen LogP contribution in [-0.4, -0.2) is 84.1 Å². The maximum absolute atomic E-state index is 12.7. The van der Waals surface area contributed by atoms with Gasteiger partial charge in [-0.2, -0.15) is 0 Å². The van der Waals surface area contributed by atoms with Crippen molar-refractivity contribution in [3.8, 4) is 0 Å². The van der Waals surface area contributed by atoms with Crippen LogP contribution in [0, 0.1) is 5.92 Å². The maximum atomic E-state index is 12.7. The highest BCUT2D eigenvalue weighted by Gasteiger charge is 2.28. The van der Waals surface area contributed by atoms with Crippen molar-refractivity contribution in [2.45, 2.75) is 26.2 Å². The van der Waals surface area contributed by atoms with Crippen LogP contribution < -0.4 is 4.90 Å². The monoisotopic (exact) mass is 375 g/mol. The molecule has 1 saturated heterocycles. The summed E-state index contributed by atoms with van der Waals surface area (Å²) >= 11 is 0. The second-order valence-electron chi connectivity index (χ2n) is 7.15. The molecule has 0 N–H and O–H groups in total. The minimum atomic E-state index is -0.192. The van der Waals surface area contributed by atoms with E-state index in [0.717, 1.165) is 25.6 Å². The van der Waals surface area contributed by atoms with Crippen molar-refractivity contribution in [1.29, 1.82) is 0 Å². The van der Waals surface area contributed by atoms with E-state index in [2.05, 4.69) is 19.8 Å². The number of nitrogens with zero attached hydrogens (tertiary/aromatic N) is 5. The van der Waals surface area contributed by atoms with Crippen LogP contribution in [0.15, 0.2) is 18.5 Å². The lowest BCUT2D eigenvalue weighted by molar-refractivity contribution is -0.144. The fraction of sp³-hybridized carbons (Fsp3) is 0.684. The first-order chi connectivity index (χ1) is 13.2. The smallest absolute Gasteiger partial charge is 0.307 e. The first-order valence-electron chi connectivity index (χ1n) is 9.83. The molecule has 148 valence electrons. The third-order valence-electron chi connectivity index (χ3n) is 4.98. The Morgan fingerprint density at radius 3 is 2.52 bits per heavy atom. The SMILES string of the molecule is CCOC(=O)CCN(CC(=O)N1CCN(c2ncccn2)CC1)CC1CC1. The molecule has 1 aromatic heterocycles. The Morgan fingerprint density at radius 1 is 1.19 bits per heavy atom. The average Bonchev–Trinajstić information content (AvgIpc) is 3.51. The van der Waals surface area contributed by atoms with E-state index < -0.39 is 0 Å². The largest absolute Gasteiger partial charge is 0.466 e. The summed E-state index contributed by atoms with van der Waals surface area (Å²) in [5, 5.41) is 0. The summed E-state index contributed by atoms with van der Waals surface area (Å²) in [5.41, 5.74) is 0. The van der Waals surface area contributed by atoms with Crippen molar-refractivity contribution in [1.82, 2.24) is 19.8 Å². The highest BCUT2D eigenvalue weighted by Crippen LogP contribution is 2.29. The van der Waals surface area contributed by atoms with Crippen molar-refractivity contribution < 1.29 is 14.3 Å².